The van der Waals surface area contributed by atoms with Gasteiger partial charge in [-0.05, 0) is 57.8 Å². The first-order valence-corrected chi connectivity index (χ1v) is 11.6. The first kappa shape index (κ1) is 21.8. The van der Waals surface area contributed by atoms with E-state index in [1.807, 2.05) is 21.0 Å². The van der Waals surface area contributed by atoms with Gasteiger partial charge in [-0.2, -0.15) is 0 Å². The Kier molecular flexibility index (Phi) is 6.33. The normalized spacial score (nSPS) is 25.7. The van der Waals surface area contributed by atoms with E-state index in [1.165, 1.54) is 12.1 Å². The van der Waals surface area contributed by atoms with Gasteiger partial charge in [-0.1, -0.05) is 24.6 Å². The number of nitrogens with zero attached hydrogens (tertiary/aromatic N) is 3. The Hall–Kier alpha value is -1.93. The highest BCUT2D eigenvalue weighted by atomic mass is 32.2. The molecule has 3 atom stereocenters. The van der Waals surface area contributed by atoms with E-state index >= 15 is 0 Å². The molecule has 1 aromatic rings. The zero-order chi connectivity index (χ0) is 21.3. The quantitative estimate of drug-likeness (QED) is 0.723. The number of rotatable bonds is 5. The Morgan fingerprint density at radius 3 is 2.45 bits per heavy atom. The van der Waals surface area contributed by atoms with Crippen molar-refractivity contribution < 1.29 is 18.0 Å². The molecule has 7 nitrogen and oxygen atoms in total. The lowest BCUT2D eigenvalue weighted by Crippen LogP contribution is -2.53. The standard InChI is InChI=1S/C21H31N3O4S/c1-15-5-7-18(8-6-15)29(27,28)24-19(9-10-20(24)25)21(26)23-12-16(2)11-17(14-23)13-22(3)4/h5-8,16-17,19H,9-14H2,1-4H3. The van der Waals surface area contributed by atoms with E-state index in [1.54, 1.807) is 17.0 Å². The van der Waals surface area contributed by atoms with Gasteiger partial charge in [0.1, 0.15) is 6.04 Å². The van der Waals surface area contributed by atoms with Crippen molar-refractivity contribution in [1.82, 2.24) is 14.1 Å². The first-order valence-electron chi connectivity index (χ1n) is 10.2. The van der Waals surface area contributed by atoms with Crippen LogP contribution in [-0.4, -0.2) is 74.1 Å². The SMILES string of the molecule is Cc1ccc(S(=O)(=O)N2C(=O)CCC2C(=O)N2CC(C)CC(CN(C)C)C2)cc1. The summed E-state index contributed by atoms with van der Waals surface area (Å²) in [4.78, 5) is 29.7. The zero-order valence-corrected chi connectivity index (χ0v) is 18.5. The van der Waals surface area contributed by atoms with Gasteiger partial charge in [0.25, 0.3) is 10.0 Å². The molecule has 29 heavy (non-hydrogen) atoms. The molecule has 0 saturated carbocycles. The second-order valence-electron chi connectivity index (χ2n) is 8.77. The summed E-state index contributed by atoms with van der Waals surface area (Å²) in [5.74, 6) is -0.0606. The van der Waals surface area contributed by atoms with Crippen LogP contribution in [0.3, 0.4) is 0 Å². The molecular weight excluding hydrogens is 390 g/mol. The van der Waals surface area contributed by atoms with E-state index in [-0.39, 0.29) is 23.6 Å². The van der Waals surface area contributed by atoms with Crippen LogP contribution in [0.1, 0.15) is 31.7 Å². The lowest BCUT2D eigenvalue weighted by Gasteiger charge is -2.39. The van der Waals surface area contributed by atoms with Gasteiger partial charge < -0.3 is 9.80 Å². The van der Waals surface area contributed by atoms with Crippen molar-refractivity contribution in [3.05, 3.63) is 29.8 Å². The van der Waals surface area contributed by atoms with E-state index in [4.69, 9.17) is 0 Å². The number of sulfonamides is 1. The maximum absolute atomic E-state index is 13.3. The molecule has 0 aromatic heterocycles. The van der Waals surface area contributed by atoms with Gasteiger partial charge in [0.15, 0.2) is 0 Å². The smallest absolute Gasteiger partial charge is 0.267 e. The van der Waals surface area contributed by atoms with Gasteiger partial charge in [-0.25, -0.2) is 12.7 Å². The van der Waals surface area contributed by atoms with Crippen LogP contribution in [0.25, 0.3) is 0 Å². The molecule has 0 radical (unpaired) electrons. The topological polar surface area (TPSA) is 78.0 Å². The Labute approximate surface area is 173 Å². The predicted octanol–water partition coefficient (Wildman–Crippen LogP) is 1.72. The van der Waals surface area contributed by atoms with Crippen LogP contribution in [0.15, 0.2) is 29.2 Å². The molecule has 1 aromatic carbocycles. The number of carbonyl (C=O) groups is 2. The zero-order valence-electron chi connectivity index (χ0n) is 17.7. The van der Waals surface area contributed by atoms with Crippen molar-refractivity contribution in [2.75, 3.05) is 33.7 Å². The van der Waals surface area contributed by atoms with Crippen LogP contribution in [0.4, 0.5) is 0 Å². The molecule has 2 saturated heterocycles. The van der Waals surface area contributed by atoms with Gasteiger partial charge in [-0.3, -0.25) is 9.59 Å². The third-order valence-electron chi connectivity index (χ3n) is 5.70. The van der Waals surface area contributed by atoms with Gasteiger partial charge in [0, 0.05) is 26.1 Å². The van der Waals surface area contributed by atoms with Gasteiger partial charge in [0.2, 0.25) is 11.8 Å². The van der Waals surface area contributed by atoms with Crippen LogP contribution in [0, 0.1) is 18.8 Å². The number of piperidine rings is 1. The van der Waals surface area contributed by atoms with Crippen LogP contribution in [0.5, 0.6) is 0 Å². The molecule has 2 amide bonds. The Morgan fingerprint density at radius 1 is 1.17 bits per heavy atom. The molecule has 8 heteroatoms. The highest BCUT2D eigenvalue weighted by molar-refractivity contribution is 7.89. The highest BCUT2D eigenvalue weighted by Crippen LogP contribution is 2.30. The maximum Gasteiger partial charge on any atom is 0.267 e. The fourth-order valence-corrected chi connectivity index (χ4v) is 6.13. The molecule has 3 unspecified atom stereocenters. The van der Waals surface area contributed by atoms with Crippen molar-refractivity contribution in [2.45, 2.75) is 44.0 Å². The number of likely N-dealkylation sites (tertiary alicyclic amines) is 1. The van der Waals surface area contributed by atoms with E-state index < -0.39 is 22.0 Å². The molecule has 3 rings (SSSR count). The average molecular weight is 422 g/mol. The summed E-state index contributed by atoms with van der Waals surface area (Å²) in [6, 6.07) is 5.44. The van der Waals surface area contributed by atoms with Crippen LogP contribution in [-0.2, 0) is 19.6 Å². The van der Waals surface area contributed by atoms with Crippen LogP contribution in [0.2, 0.25) is 0 Å². The third-order valence-corrected chi connectivity index (χ3v) is 7.55. The molecule has 160 valence electrons. The summed E-state index contributed by atoms with van der Waals surface area (Å²) in [6.07, 6.45) is 1.36. The van der Waals surface area contributed by atoms with Gasteiger partial charge in [0.05, 0.1) is 4.90 Å². The van der Waals surface area contributed by atoms with Crippen molar-refractivity contribution in [3.63, 3.8) is 0 Å². The number of carbonyl (C=O) groups excluding carboxylic acids is 2. The van der Waals surface area contributed by atoms with Crippen LogP contribution >= 0.6 is 0 Å². The number of amides is 2. The summed E-state index contributed by atoms with van der Waals surface area (Å²) >= 11 is 0. The Balaban J connectivity index is 1.84. The van der Waals surface area contributed by atoms with Crippen molar-refractivity contribution in [1.29, 1.82) is 0 Å². The fourth-order valence-electron chi connectivity index (χ4n) is 4.53. The average Bonchev–Trinajstić information content (AvgIpc) is 3.02. The fraction of sp³-hybridized carbons (Fsp3) is 0.619. The predicted molar refractivity (Wildman–Crippen MR) is 111 cm³/mol. The summed E-state index contributed by atoms with van der Waals surface area (Å²) < 4.78 is 27.1. The van der Waals surface area contributed by atoms with E-state index in [9.17, 15) is 18.0 Å². The van der Waals surface area contributed by atoms with E-state index in [0.29, 0.717) is 24.9 Å². The third kappa shape index (κ3) is 4.64. The lowest BCUT2D eigenvalue weighted by atomic mass is 9.89. The van der Waals surface area contributed by atoms with E-state index in [2.05, 4.69) is 11.8 Å². The molecule has 0 N–H and O–H groups in total. The first-order chi connectivity index (χ1) is 13.6. The van der Waals surface area contributed by atoms with Crippen molar-refractivity contribution in [3.8, 4) is 0 Å². The van der Waals surface area contributed by atoms with Crippen molar-refractivity contribution in [2.24, 2.45) is 11.8 Å². The Bertz CT molecular complexity index is 864. The molecule has 2 aliphatic rings. The number of benzene rings is 1. The largest absolute Gasteiger partial charge is 0.340 e. The molecular formula is C21H31N3O4S. The number of aryl methyl sites for hydroxylation is 1. The van der Waals surface area contributed by atoms with Crippen LogP contribution < -0.4 is 0 Å². The van der Waals surface area contributed by atoms with Crippen molar-refractivity contribution >= 4 is 21.8 Å². The maximum atomic E-state index is 13.3. The molecule has 0 bridgehead atoms. The molecule has 2 fully saturated rings. The van der Waals surface area contributed by atoms with Gasteiger partial charge >= 0.3 is 0 Å². The minimum atomic E-state index is -4.06. The second kappa shape index (κ2) is 8.44. The molecule has 0 aliphatic carbocycles. The molecule has 2 heterocycles. The van der Waals surface area contributed by atoms with Gasteiger partial charge in [-0.15, -0.1) is 0 Å². The summed E-state index contributed by atoms with van der Waals surface area (Å²) in [5, 5.41) is 0. The molecule has 0 spiro atoms. The number of hydrogen-bond acceptors (Lipinski definition) is 5. The highest BCUT2D eigenvalue weighted by Gasteiger charge is 2.46. The second-order valence-corrected chi connectivity index (χ2v) is 10.6. The lowest BCUT2D eigenvalue weighted by molar-refractivity contribution is -0.140. The minimum Gasteiger partial charge on any atom is -0.340 e. The molecule has 2 aliphatic heterocycles. The summed E-state index contributed by atoms with van der Waals surface area (Å²) in [5.41, 5.74) is 0.929. The summed E-state index contributed by atoms with van der Waals surface area (Å²) in [7, 11) is -0.0338. The number of hydrogen-bond donors (Lipinski definition) is 0. The Morgan fingerprint density at radius 2 is 1.83 bits per heavy atom. The monoisotopic (exact) mass is 421 g/mol. The van der Waals surface area contributed by atoms with E-state index in [0.717, 1.165) is 22.8 Å². The summed E-state index contributed by atoms with van der Waals surface area (Å²) in [6.45, 7) is 6.06. The minimum absolute atomic E-state index is 0.0497.